The van der Waals surface area contributed by atoms with Crippen LogP contribution in [0.4, 0.5) is 0 Å². The summed E-state index contributed by atoms with van der Waals surface area (Å²) in [7, 11) is 0. The van der Waals surface area contributed by atoms with Crippen molar-refractivity contribution in [1.29, 1.82) is 0 Å². The summed E-state index contributed by atoms with van der Waals surface area (Å²) < 4.78 is 4.94. The van der Waals surface area contributed by atoms with Gasteiger partial charge in [0.2, 0.25) is 5.91 Å². The molecule has 5 heteroatoms. The Morgan fingerprint density at radius 2 is 2.16 bits per heavy atom. The smallest absolute Gasteiger partial charge is 0.305 e. The van der Waals surface area contributed by atoms with Gasteiger partial charge in [-0.25, -0.2) is 0 Å². The Kier molecular flexibility index (Phi) is 3.27. The number of hydrazine groups is 1. The third kappa shape index (κ3) is 2.64. The van der Waals surface area contributed by atoms with Crippen LogP contribution in [-0.2, 0) is 4.79 Å². The Morgan fingerprint density at radius 1 is 1.26 bits per heavy atom. The zero-order valence-corrected chi connectivity index (χ0v) is 10.7. The lowest BCUT2D eigenvalue weighted by Gasteiger charge is -2.20. The number of carbonyl (C=O) groups excluding carboxylic acids is 2. The molecule has 2 fully saturated rings. The lowest BCUT2D eigenvalue weighted by atomic mass is 9.86. The number of rotatable bonds is 3. The summed E-state index contributed by atoms with van der Waals surface area (Å²) in [5.74, 6) is 1.71. The molecule has 0 spiro atoms. The van der Waals surface area contributed by atoms with Gasteiger partial charge in [-0.1, -0.05) is 6.42 Å². The van der Waals surface area contributed by atoms with Crippen molar-refractivity contribution in [2.24, 2.45) is 17.8 Å². The molecule has 1 aromatic rings. The highest BCUT2D eigenvalue weighted by molar-refractivity contribution is 5.92. The maximum absolute atomic E-state index is 11.8. The molecule has 2 aliphatic carbocycles. The molecule has 1 heterocycles. The maximum atomic E-state index is 11.8. The van der Waals surface area contributed by atoms with Gasteiger partial charge in [0.1, 0.15) is 0 Å². The van der Waals surface area contributed by atoms with E-state index in [1.54, 1.807) is 12.1 Å². The molecule has 102 valence electrons. The monoisotopic (exact) mass is 262 g/mol. The molecule has 5 nitrogen and oxygen atoms in total. The topological polar surface area (TPSA) is 71.3 Å². The van der Waals surface area contributed by atoms with Gasteiger partial charge in [-0.3, -0.25) is 20.4 Å². The van der Waals surface area contributed by atoms with E-state index >= 15 is 0 Å². The number of fused-ring (bicyclic) bond motifs is 2. The van der Waals surface area contributed by atoms with E-state index in [0.29, 0.717) is 12.3 Å². The highest BCUT2D eigenvalue weighted by Crippen LogP contribution is 2.49. The number of furan rings is 1. The molecule has 0 aliphatic heterocycles. The van der Waals surface area contributed by atoms with Gasteiger partial charge in [-0.05, 0) is 49.1 Å². The van der Waals surface area contributed by atoms with Crippen LogP contribution < -0.4 is 10.9 Å². The molecule has 19 heavy (non-hydrogen) atoms. The first-order valence-electron chi connectivity index (χ1n) is 6.85. The Bertz CT molecular complexity index is 469. The van der Waals surface area contributed by atoms with Gasteiger partial charge >= 0.3 is 5.91 Å². The number of nitrogens with one attached hydrogen (secondary N) is 2. The lowest BCUT2D eigenvalue weighted by molar-refractivity contribution is -0.123. The summed E-state index contributed by atoms with van der Waals surface area (Å²) in [6, 6.07) is 3.18. The second kappa shape index (κ2) is 5.07. The van der Waals surface area contributed by atoms with Crippen molar-refractivity contribution in [3.8, 4) is 0 Å². The van der Waals surface area contributed by atoms with Crippen LogP contribution in [0.3, 0.4) is 0 Å². The molecule has 3 rings (SSSR count). The fraction of sp³-hybridized carbons (Fsp3) is 0.571. The fourth-order valence-electron chi connectivity index (χ4n) is 3.51. The van der Waals surface area contributed by atoms with Crippen molar-refractivity contribution < 1.29 is 14.0 Å². The van der Waals surface area contributed by atoms with E-state index in [2.05, 4.69) is 10.9 Å². The first kappa shape index (κ1) is 12.3. The minimum Gasteiger partial charge on any atom is -0.459 e. The third-order valence-corrected chi connectivity index (χ3v) is 4.39. The fourth-order valence-corrected chi connectivity index (χ4v) is 3.51. The van der Waals surface area contributed by atoms with E-state index < -0.39 is 5.91 Å². The minimum absolute atomic E-state index is 0.113. The SMILES string of the molecule is O=C(C[C@H]1C[C@@H]2CC[C@@H]1C2)NNC(=O)c1ccco1. The molecule has 2 saturated carbocycles. The summed E-state index contributed by atoms with van der Waals surface area (Å²) in [5.41, 5.74) is 4.83. The average molecular weight is 262 g/mol. The summed E-state index contributed by atoms with van der Waals surface area (Å²) in [6.45, 7) is 0. The van der Waals surface area contributed by atoms with Crippen LogP contribution in [0.25, 0.3) is 0 Å². The van der Waals surface area contributed by atoms with Crippen LogP contribution in [0.5, 0.6) is 0 Å². The van der Waals surface area contributed by atoms with Crippen LogP contribution in [0, 0.1) is 17.8 Å². The molecule has 2 bridgehead atoms. The van der Waals surface area contributed by atoms with E-state index in [0.717, 1.165) is 11.8 Å². The molecule has 2 amide bonds. The Labute approximate surface area is 111 Å². The van der Waals surface area contributed by atoms with Gasteiger partial charge in [-0.2, -0.15) is 0 Å². The molecule has 2 N–H and O–H groups in total. The molecular weight excluding hydrogens is 244 g/mol. The molecule has 0 aromatic carbocycles. The molecule has 0 saturated heterocycles. The van der Waals surface area contributed by atoms with E-state index in [1.807, 2.05) is 0 Å². The average Bonchev–Trinajstić information content (AvgIpc) is 3.12. The molecule has 2 aliphatic rings. The zero-order chi connectivity index (χ0) is 13.2. The number of carbonyl (C=O) groups is 2. The quantitative estimate of drug-likeness (QED) is 0.817. The Morgan fingerprint density at radius 3 is 2.79 bits per heavy atom. The normalized spacial score (nSPS) is 28.3. The van der Waals surface area contributed by atoms with Crippen LogP contribution in [0.2, 0.25) is 0 Å². The second-order valence-electron chi connectivity index (χ2n) is 5.62. The summed E-state index contributed by atoms with van der Waals surface area (Å²) in [6.07, 6.45) is 6.99. The summed E-state index contributed by atoms with van der Waals surface area (Å²) in [5, 5.41) is 0. The van der Waals surface area contributed by atoms with Crippen molar-refractivity contribution in [3.05, 3.63) is 24.2 Å². The summed E-state index contributed by atoms with van der Waals surface area (Å²) >= 11 is 0. The molecular formula is C14H18N2O3. The number of amides is 2. The predicted octanol–water partition coefficient (Wildman–Crippen LogP) is 1.87. The van der Waals surface area contributed by atoms with Crippen LogP contribution in [0.15, 0.2) is 22.8 Å². The van der Waals surface area contributed by atoms with Crippen LogP contribution >= 0.6 is 0 Å². The lowest BCUT2D eigenvalue weighted by Crippen LogP contribution is -2.42. The van der Waals surface area contributed by atoms with Crippen molar-refractivity contribution in [2.45, 2.75) is 32.1 Å². The molecule has 0 unspecified atom stereocenters. The first-order valence-corrected chi connectivity index (χ1v) is 6.85. The Balaban J connectivity index is 1.43. The van der Waals surface area contributed by atoms with Crippen molar-refractivity contribution >= 4 is 11.8 Å². The van der Waals surface area contributed by atoms with Crippen molar-refractivity contribution in [2.75, 3.05) is 0 Å². The second-order valence-corrected chi connectivity index (χ2v) is 5.62. The van der Waals surface area contributed by atoms with Gasteiger partial charge in [-0.15, -0.1) is 0 Å². The van der Waals surface area contributed by atoms with E-state index in [4.69, 9.17) is 4.42 Å². The Hall–Kier alpha value is -1.78. The van der Waals surface area contributed by atoms with Gasteiger partial charge in [0.25, 0.3) is 0 Å². The van der Waals surface area contributed by atoms with E-state index in [9.17, 15) is 9.59 Å². The van der Waals surface area contributed by atoms with Gasteiger partial charge in [0.15, 0.2) is 5.76 Å². The molecule has 0 radical (unpaired) electrons. The van der Waals surface area contributed by atoms with Crippen LogP contribution in [-0.4, -0.2) is 11.8 Å². The van der Waals surface area contributed by atoms with E-state index in [1.165, 1.54) is 31.9 Å². The first-order chi connectivity index (χ1) is 9.22. The van der Waals surface area contributed by atoms with Gasteiger partial charge in [0, 0.05) is 6.42 Å². The molecule has 1 aromatic heterocycles. The number of hydrogen-bond donors (Lipinski definition) is 2. The van der Waals surface area contributed by atoms with E-state index in [-0.39, 0.29) is 11.7 Å². The van der Waals surface area contributed by atoms with Crippen molar-refractivity contribution in [1.82, 2.24) is 10.9 Å². The highest BCUT2D eigenvalue weighted by Gasteiger charge is 2.40. The van der Waals surface area contributed by atoms with Crippen molar-refractivity contribution in [3.63, 3.8) is 0 Å². The highest BCUT2D eigenvalue weighted by atomic mass is 16.3. The van der Waals surface area contributed by atoms with Gasteiger partial charge < -0.3 is 4.42 Å². The van der Waals surface area contributed by atoms with Gasteiger partial charge in [0.05, 0.1) is 6.26 Å². The maximum Gasteiger partial charge on any atom is 0.305 e. The molecule has 3 atom stereocenters. The summed E-state index contributed by atoms with van der Waals surface area (Å²) in [4.78, 5) is 23.3. The van der Waals surface area contributed by atoms with Crippen LogP contribution in [0.1, 0.15) is 42.7 Å². The third-order valence-electron chi connectivity index (χ3n) is 4.39. The minimum atomic E-state index is -0.425. The predicted molar refractivity (Wildman–Crippen MR) is 67.9 cm³/mol. The zero-order valence-electron chi connectivity index (χ0n) is 10.7. The largest absolute Gasteiger partial charge is 0.459 e. The standard InChI is InChI=1S/C14H18N2O3/c17-13(8-11-7-9-3-4-10(11)6-9)15-16-14(18)12-2-1-5-19-12/h1-2,5,9-11H,3-4,6-8H2,(H,15,17)(H,16,18)/t9-,10-,11-/m1/s1. The number of hydrogen-bond acceptors (Lipinski definition) is 3.